The zero-order valence-corrected chi connectivity index (χ0v) is 8.78. The SMILES string of the molecule is COc1nc(NC(=O)C(F)(F)F)ncc1C(=O)O. The van der Waals surface area contributed by atoms with E-state index in [1.165, 1.54) is 5.32 Å². The van der Waals surface area contributed by atoms with Gasteiger partial charge in [-0.05, 0) is 0 Å². The first-order valence-corrected chi connectivity index (χ1v) is 4.28. The van der Waals surface area contributed by atoms with Gasteiger partial charge in [0.25, 0.3) is 0 Å². The summed E-state index contributed by atoms with van der Waals surface area (Å²) in [5, 5.41) is 10.0. The van der Waals surface area contributed by atoms with Gasteiger partial charge in [-0.1, -0.05) is 0 Å². The van der Waals surface area contributed by atoms with E-state index in [2.05, 4.69) is 14.7 Å². The molecule has 0 radical (unpaired) electrons. The van der Waals surface area contributed by atoms with Crippen LogP contribution in [-0.4, -0.2) is 40.2 Å². The Hall–Kier alpha value is -2.39. The molecule has 0 bridgehead atoms. The van der Waals surface area contributed by atoms with Crippen molar-refractivity contribution in [3.05, 3.63) is 11.8 Å². The number of carboxylic acids is 1. The first kappa shape index (κ1) is 13.7. The van der Waals surface area contributed by atoms with Gasteiger partial charge in [-0.3, -0.25) is 10.1 Å². The lowest BCUT2D eigenvalue weighted by molar-refractivity contribution is -0.167. The van der Waals surface area contributed by atoms with E-state index in [0.29, 0.717) is 0 Å². The number of halogens is 3. The molecule has 0 aliphatic heterocycles. The predicted octanol–water partition coefficient (Wildman–Crippen LogP) is 0.684. The molecule has 1 heterocycles. The van der Waals surface area contributed by atoms with Gasteiger partial charge < -0.3 is 9.84 Å². The van der Waals surface area contributed by atoms with Crippen LogP contribution in [0.15, 0.2) is 6.20 Å². The molecule has 0 aromatic carbocycles. The average molecular weight is 265 g/mol. The fourth-order valence-corrected chi connectivity index (χ4v) is 0.901. The van der Waals surface area contributed by atoms with Crippen molar-refractivity contribution in [2.75, 3.05) is 12.4 Å². The summed E-state index contributed by atoms with van der Waals surface area (Å²) >= 11 is 0. The van der Waals surface area contributed by atoms with E-state index in [1.807, 2.05) is 0 Å². The second-order valence-corrected chi connectivity index (χ2v) is 2.87. The third-order valence-electron chi connectivity index (χ3n) is 1.66. The van der Waals surface area contributed by atoms with Crippen molar-refractivity contribution in [1.82, 2.24) is 9.97 Å². The number of carbonyl (C=O) groups is 2. The van der Waals surface area contributed by atoms with Gasteiger partial charge in [0, 0.05) is 0 Å². The molecule has 7 nitrogen and oxygen atoms in total. The van der Waals surface area contributed by atoms with E-state index in [4.69, 9.17) is 5.11 Å². The van der Waals surface area contributed by atoms with Gasteiger partial charge in [-0.15, -0.1) is 0 Å². The molecule has 18 heavy (non-hydrogen) atoms. The van der Waals surface area contributed by atoms with Crippen molar-refractivity contribution in [2.24, 2.45) is 0 Å². The Balaban J connectivity index is 3.00. The Morgan fingerprint density at radius 1 is 1.44 bits per heavy atom. The van der Waals surface area contributed by atoms with Crippen molar-refractivity contribution < 1.29 is 32.6 Å². The molecular formula is C8H6F3N3O4. The smallest absolute Gasteiger partial charge is 0.471 e. The van der Waals surface area contributed by atoms with Gasteiger partial charge in [0.15, 0.2) is 0 Å². The number of amides is 1. The molecule has 0 aliphatic carbocycles. The van der Waals surface area contributed by atoms with Crippen molar-refractivity contribution in [3.63, 3.8) is 0 Å². The number of rotatable bonds is 3. The van der Waals surface area contributed by atoms with Crippen LogP contribution in [-0.2, 0) is 4.79 Å². The van der Waals surface area contributed by atoms with Crippen molar-refractivity contribution in [1.29, 1.82) is 0 Å². The molecule has 1 aromatic heterocycles. The molecule has 0 fully saturated rings. The third kappa shape index (κ3) is 3.06. The zero-order valence-electron chi connectivity index (χ0n) is 8.78. The number of hydrogen-bond acceptors (Lipinski definition) is 5. The van der Waals surface area contributed by atoms with Gasteiger partial charge in [-0.25, -0.2) is 9.78 Å². The van der Waals surface area contributed by atoms with E-state index in [9.17, 15) is 22.8 Å². The minimum Gasteiger partial charge on any atom is -0.480 e. The Morgan fingerprint density at radius 2 is 2.06 bits per heavy atom. The number of hydrogen-bond donors (Lipinski definition) is 2. The van der Waals surface area contributed by atoms with Gasteiger partial charge in [0.2, 0.25) is 11.8 Å². The van der Waals surface area contributed by atoms with Crippen LogP contribution >= 0.6 is 0 Å². The summed E-state index contributed by atoms with van der Waals surface area (Å²) in [6, 6.07) is 0. The quantitative estimate of drug-likeness (QED) is 0.833. The molecule has 10 heteroatoms. The van der Waals surface area contributed by atoms with Gasteiger partial charge >= 0.3 is 18.1 Å². The number of methoxy groups -OCH3 is 1. The predicted molar refractivity (Wildman–Crippen MR) is 50.2 cm³/mol. The summed E-state index contributed by atoms with van der Waals surface area (Å²) in [6.07, 6.45) is -4.37. The first-order chi connectivity index (χ1) is 8.25. The van der Waals surface area contributed by atoms with Crippen molar-refractivity contribution in [3.8, 4) is 5.88 Å². The van der Waals surface area contributed by atoms with E-state index < -0.39 is 35.4 Å². The summed E-state index contributed by atoms with van der Waals surface area (Å²) in [6.45, 7) is 0. The standard InChI is InChI=1S/C8H6F3N3O4/c1-18-4-3(5(15)16)2-12-7(13-4)14-6(17)8(9,10)11/h2H,1H3,(H,15,16)(H,12,13,14,17). The van der Waals surface area contributed by atoms with E-state index >= 15 is 0 Å². The van der Waals surface area contributed by atoms with Gasteiger partial charge in [0.05, 0.1) is 13.3 Å². The maximum absolute atomic E-state index is 11.9. The number of carboxylic acid groups (broad SMARTS) is 1. The Morgan fingerprint density at radius 3 is 2.50 bits per heavy atom. The topological polar surface area (TPSA) is 101 Å². The summed E-state index contributed by atoms with van der Waals surface area (Å²) in [4.78, 5) is 27.8. The lowest BCUT2D eigenvalue weighted by atomic mass is 10.3. The summed E-state index contributed by atoms with van der Waals surface area (Å²) in [7, 11) is 1.07. The zero-order chi connectivity index (χ0) is 13.9. The highest BCUT2D eigenvalue weighted by Gasteiger charge is 2.39. The number of anilines is 1. The molecule has 0 atom stereocenters. The molecule has 0 spiro atoms. The van der Waals surface area contributed by atoms with E-state index in [1.54, 1.807) is 0 Å². The Labute approximate surface area is 97.6 Å². The van der Waals surface area contributed by atoms with Gasteiger partial charge in [-0.2, -0.15) is 18.2 Å². The summed E-state index contributed by atoms with van der Waals surface area (Å²) < 4.78 is 40.3. The highest BCUT2D eigenvalue weighted by molar-refractivity contribution is 5.94. The minimum absolute atomic E-state index is 0.442. The number of alkyl halides is 3. The molecule has 0 aliphatic rings. The summed E-state index contributed by atoms with van der Waals surface area (Å²) in [5.74, 6) is -4.86. The van der Waals surface area contributed by atoms with Crippen LogP contribution in [0.1, 0.15) is 10.4 Å². The number of aromatic carboxylic acids is 1. The first-order valence-electron chi connectivity index (χ1n) is 4.28. The second-order valence-electron chi connectivity index (χ2n) is 2.87. The van der Waals surface area contributed by atoms with Crippen LogP contribution in [0.2, 0.25) is 0 Å². The van der Waals surface area contributed by atoms with Crippen LogP contribution < -0.4 is 10.1 Å². The van der Waals surface area contributed by atoms with E-state index in [-0.39, 0.29) is 0 Å². The Kier molecular flexibility index (Phi) is 3.69. The number of aromatic nitrogens is 2. The van der Waals surface area contributed by atoms with Crippen LogP contribution in [0.3, 0.4) is 0 Å². The average Bonchev–Trinajstić information content (AvgIpc) is 2.27. The normalized spacial score (nSPS) is 10.9. The molecular weight excluding hydrogens is 259 g/mol. The van der Waals surface area contributed by atoms with Crippen LogP contribution in [0.4, 0.5) is 19.1 Å². The molecule has 1 aromatic rings. The third-order valence-corrected chi connectivity index (χ3v) is 1.66. The second kappa shape index (κ2) is 4.85. The molecule has 0 saturated heterocycles. The largest absolute Gasteiger partial charge is 0.480 e. The van der Waals surface area contributed by atoms with Crippen LogP contribution in [0, 0.1) is 0 Å². The van der Waals surface area contributed by atoms with Crippen molar-refractivity contribution in [2.45, 2.75) is 6.18 Å². The molecule has 0 saturated carbocycles. The molecule has 0 unspecified atom stereocenters. The summed E-state index contributed by atoms with van der Waals surface area (Å²) in [5.41, 5.74) is -0.442. The number of nitrogens with one attached hydrogen (secondary N) is 1. The lowest BCUT2D eigenvalue weighted by Gasteiger charge is -2.08. The lowest BCUT2D eigenvalue weighted by Crippen LogP contribution is -2.30. The van der Waals surface area contributed by atoms with Crippen molar-refractivity contribution >= 4 is 17.8 Å². The van der Waals surface area contributed by atoms with Crippen LogP contribution in [0.5, 0.6) is 5.88 Å². The number of ether oxygens (including phenoxy) is 1. The number of nitrogens with zero attached hydrogens (tertiary/aromatic N) is 2. The van der Waals surface area contributed by atoms with Gasteiger partial charge in [0.1, 0.15) is 5.56 Å². The maximum atomic E-state index is 11.9. The minimum atomic E-state index is -5.10. The fourth-order valence-electron chi connectivity index (χ4n) is 0.901. The molecule has 2 N–H and O–H groups in total. The number of carbonyl (C=O) groups excluding carboxylic acids is 1. The highest BCUT2D eigenvalue weighted by Crippen LogP contribution is 2.19. The molecule has 1 rings (SSSR count). The molecule has 1 amide bonds. The van der Waals surface area contributed by atoms with Crippen LogP contribution in [0.25, 0.3) is 0 Å². The monoisotopic (exact) mass is 265 g/mol. The maximum Gasteiger partial charge on any atom is 0.471 e. The highest BCUT2D eigenvalue weighted by atomic mass is 19.4. The fraction of sp³-hybridized carbons (Fsp3) is 0.250. The Bertz CT molecular complexity index is 489. The van der Waals surface area contributed by atoms with E-state index in [0.717, 1.165) is 13.3 Å². The molecule has 98 valence electrons.